The fourth-order valence-corrected chi connectivity index (χ4v) is 3.11. The maximum Gasteiger partial charge on any atom is 0.354 e. The number of hydrogen-bond acceptors (Lipinski definition) is 5. The average molecular weight is 336 g/mol. The molecule has 25 heavy (non-hydrogen) atoms. The van der Waals surface area contributed by atoms with Gasteiger partial charge in [-0.25, -0.2) is 19.3 Å². The quantitative estimate of drug-likeness (QED) is 0.617. The van der Waals surface area contributed by atoms with Crippen LogP contribution in [0, 0.1) is 13.8 Å². The lowest BCUT2D eigenvalue weighted by atomic mass is 10.1. The fourth-order valence-electron chi connectivity index (χ4n) is 3.11. The lowest BCUT2D eigenvalue weighted by molar-refractivity contribution is 0.0687. The van der Waals surface area contributed by atoms with Crippen LogP contribution in [0.2, 0.25) is 0 Å². The summed E-state index contributed by atoms with van der Waals surface area (Å²) < 4.78 is 3.13. The van der Waals surface area contributed by atoms with Crippen molar-refractivity contribution in [3.05, 3.63) is 41.3 Å². The third-order valence-electron chi connectivity index (χ3n) is 4.17. The zero-order valence-electron chi connectivity index (χ0n) is 14.1. The molecule has 0 fully saturated rings. The highest BCUT2D eigenvalue weighted by Gasteiger charge is 2.20. The molecule has 0 bridgehead atoms. The highest BCUT2D eigenvalue weighted by Crippen LogP contribution is 2.26. The average Bonchev–Trinajstić information content (AvgIpc) is 3.16. The Hall–Kier alpha value is -3.29. The van der Waals surface area contributed by atoms with Crippen LogP contribution in [-0.2, 0) is 6.54 Å². The summed E-state index contributed by atoms with van der Waals surface area (Å²) in [7, 11) is 0. The largest absolute Gasteiger partial charge is 0.477 e. The Bertz CT molecular complexity index is 1140. The second-order valence-electron chi connectivity index (χ2n) is 5.88. The van der Waals surface area contributed by atoms with Crippen molar-refractivity contribution in [3.63, 3.8) is 0 Å². The molecule has 0 aliphatic rings. The van der Waals surface area contributed by atoms with E-state index in [9.17, 15) is 9.90 Å². The van der Waals surface area contributed by atoms with Crippen LogP contribution in [-0.4, -0.2) is 40.4 Å². The Labute approximate surface area is 142 Å². The van der Waals surface area contributed by atoms with E-state index < -0.39 is 5.97 Å². The first kappa shape index (κ1) is 15.3. The van der Waals surface area contributed by atoms with E-state index in [4.69, 9.17) is 0 Å². The molecule has 1 N–H and O–H groups in total. The number of aromatic carboxylic acids is 1. The number of hydrogen-bond donors (Lipinski definition) is 1. The topological polar surface area (TPSA) is 98.2 Å². The predicted molar refractivity (Wildman–Crippen MR) is 91.6 cm³/mol. The molecule has 0 atom stereocenters. The number of nitrogens with zero attached hydrogens (tertiary/aromatic N) is 6. The zero-order valence-corrected chi connectivity index (χ0v) is 14.1. The summed E-state index contributed by atoms with van der Waals surface area (Å²) in [5.41, 5.74) is 4.12. The summed E-state index contributed by atoms with van der Waals surface area (Å²) in [5, 5.41) is 19.0. The Kier molecular flexibility index (Phi) is 3.28. The Morgan fingerprint density at radius 1 is 1.24 bits per heavy atom. The van der Waals surface area contributed by atoms with E-state index in [0.717, 1.165) is 22.3 Å². The van der Waals surface area contributed by atoms with Crippen molar-refractivity contribution < 1.29 is 9.90 Å². The number of aryl methyl sites for hydroxylation is 3. The van der Waals surface area contributed by atoms with Crippen LogP contribution in [0.5, 0.6) is 0 Å². The standard InChI is InChI=1S/C17H16N6O2/c1-4-22-12(5-6-18-22)11-8-13(17(24)25)23-16(20-11)14-9(2)7-10(3)19-15(14)21-23/h5-8H,4H2,1-3H3,(H,24,25). The summed E-state index contributed by atoms with van der Waals surface area (Å²) in [6, 6.07) is 5.28. The van der Waals surface area contributed by atoms with Gasteiger partial charge in [0.05, 0.1) is 16.8 Å². The Balaban J connectivity index is 2.14. The molecule has 0 amide bonds. The first-order valence-corrected chi connectivity index (χ1v) is 7.92. The minimum Gasteiger partial charge on any atom is -0.477 e. The summed E-state index contributed by atoms with van der Waals surface area (Å²) in [6.07, 6.45) is 1.68. The molecule has 8 nitrogen and oxygen atoms in total. The number of carbonyl (C=O) groups is 1. The first-order chi connectivity index (χ1) is 12.0. The van der Waals surface area contributed by atoms with Crippen LogP contribution < -0.4 is 0 Å². The van der Waals surface area contributed by atoms with Gasteiger partial charge in [0.15, 0.2) is 17.0 Å². The van der Waals surface area contributed by atoms with Crippen LogP contribution in [0.1, 0.15) is 28.7 Å². The SMILES string of the molecule is CCn1nccc1-c1cc(C(=O)O)n2nc3nc(C)cc(C)c3c2n1. The summed E-state index contributed by atoms with van der Waals surface area (Å²) in [4.78, 5) is 20.9. The van der Waals surface area contributed by atoms with Crippen molar-refractivity contribution >= 4 is 22.6 Å². The second-order valence-corrected chi connectivity index (χ2v) is 5.88. The second kappa shape index (κ2) is 5.37. The predicted octanol–water partition coefficient (Wildman–Crippen LogP) is 2.48. The Morgan fingerprint density at radius 2 is 2.04 bits per heavy atom. The lowest BCUT2D eigenvalue weighted by Gasteiger charge is -2.07. The van der Waals surface area contributed by atoms with E-state index in [0.29, 0.717) is 23.5 Å². The van der Waals surface area contributed by atoms with Gasteiger partial charge in [-0.05, 0) is 44.5 Å². The highest BCUT2D eigenvalue weighted by atomic mass is 16.4. The van der Waals surface area contributed by atoms with E-state index in [2.05, 4.69) is 20.2 Å². The number of pyridine rings is 1. The highest BCUT2D eigenvalue weighted by molar-refractivity contribution is 5.96. The molecule has 4 aromatic heterocycles. The van der Waals surface area contributed by atoms with Gasteiger partial charge in [0.25, 0.3) is 0 Å². The minimum absolute atomic E-state index is 0.0407. The molecule has 4 heterocycles. The maximum absolute atomic E-state index is 11.8. The van der Waals surface area contributed by atoms with E-state index >= 15 is 0 Å². The normalized spacial score (nSPS) is 11.5. The smallest absolute Gasteiger partial charge is 0.354 e. The molecule has 0 saturated heterocycles. The van der Waals surface area contributed by atoms with Crippen molar-refractivity contribution in [1.82, 2.24) is 29.4 Å². The molecule has 0 aromatic carbocycles. The van der Waals surface area contributed by atoms with Gasteiger partial charge in [-0.3, -0.25) is 4.68 Å². The van der Waals surface area contributed by atoms with Gasteiger partial charge in [-0.2, -0.15) is 5.10 Å². The lowest BCUT2D eigenvalue weighted by Crippen LogP contribution is -2.09. The molecular formula is C17H16N6O2. The van der Waals surface area contributed by atoms with E-state index in [1.165, 1.54) is 10.6 Å². The maximum atomic E-state index is 11.8. The molecule has 4 rings (SSSR count). The molecular weight excluding hydrogens is 320 g/mol. The van der Waals surface area contributed by atoms with Crippen LogP contribution in [0.25, 0.3) is 28.1 Å². The zero-order chi connectivity index (χ0) is 17.7. The molecule has 0 aliphatic carbocycles. The van der Waals surface area contributed by atoms with Crippen LogP contribution >= 0.6 is 0 Å². The summed E-state index contributed by atoms with van der Waals surface area (Å²) in [5.74, 6) is -1.07. The van der Waals surface area contributed by atoms with Gasteiger partial charge in [-0.1, -0.05) is 0 Å². The van der Waals surface area contributed by atoms with Crippen LogP contribution in [0.15, 0.2) is 24.4 Å². The molecule has 0 unspecified atom stereocenters. The summed E-state index contributed by atoms with van der Waals surface area (Å²) in [6.45, 7) is 6.46. The molecule has 0 saturated carbocycles. The first-order valence-electron chi connectivity index (χ1n) is 7.92. The number of carboxylic acid groups (broad SMARTS) is 1. The third kappa shape index (κ3) is 2.25. The van der Waals surface area contributed by atoms with E-state index in [1.54, 1.807) is 10.9 Å². The molecule has 0 aliphatic heterocycles. The van der Waals surface area contributed by atoms with E-state index in [-0.39, 0.29) is 5.69 Å². The molecule has 8 heteroatoms. The van der Waals surface area contributed by atoms with Crippen molar-refractivity contribution in [3.8, 4) is 11.4 Å². The number of fused-ring (bicyclic) bond motifs is 3. The van der Waals surface area contributed by atoms with Crippen LogP contribution in [0.4, 0.5) is 0 Å². The summed E-state index contributed by atoms with van der Waals surface area (Å²) >= 11 is 0. The Morgan fingerprint density at radius 3 is 2.76 bits per heavy atom. The molecule has 0 spiro atoms. The minimum atomic E-state index is -1.07. The van der Waals surface area contributed by atoms with Gasteiger partial charge in [-0.15, -0.1) is 5.10 Å². The van der Waals surface area contributed by atoms with Crippen molar-refractivity contribution in [2.75, 3.05) is 0 Å². The van der Waals surface area contributed by atoms with Crippen molar-refractivity contribution in [2.45, 2.75) is 27.3 Å². The van der Waals surface area contributed by atoms with Gasteiger partial charge >= 0.3 is 5.97 Å². The molecule has 126 valence electrons. The van der Waals surface area contributed by atoms with Gasteiger partial charge in [0, 0.05) is 18.4 Å². The fraction of sp³-hybridized carbons (Fsp3) is 0.235. The molecule has 4 aromatic rings. The third-order valence-corrected chi connectivity index (χ3v) is 4.17. The monoisotopic (exact) mass is 336 g/mol. The van der Waals surface area contributed by atoms with Crippen LogP contribution in [0.3, 0.4) is 0 Å². The number of aromatic nitrogens is 6. The number of rotatable bonds is 3. The van der Waals surface area contributed by atoms with Gasteiger partial charge < -0.3 is 5.11 Å². The van der Waals surface area contributed by atoms with Gasteiger partial charge in [0.2, 0.25) is 0 Å². The van der Waals surface area contributed by atoms with Crippen molar-refractivity contribution in [1.29, 1.82) is 0 Å². The van der Waals surface area contributed by atoms with E-state index in [1.807, 2.05) is 32.9 Å². The number of carboxylic acids is 1. The van der Waals surface area contributed by atoms with Crippen molar-refractivity contribution in [2.24, 2.45) is 0 Å². The van der Waals surface area contributed by atoms with Gasteiger partial charge in [0.1, 0.15) is 0 Å². The molecule has 0 radical (unpaired) electrons.